The van der Waals surface area contributed by atoms with Crippen molar-refractivity contribution >= 4 is 28.7 Å². The van der Waals surface area contributed by atoms with Gasteiger partial charge in [0.1, 0.15) is 5.75 Å². The van der Waals surface area contributed by atoms with Gasteiger partial charge in [0.2, 0.25) is 0 Å². The molecular formula is C16H21N3O2S. The number of rotatable bonds is 4. The monoisotopic (exact) mass is 319 g/mol. The SMILES string of the molecule is COc1cccc2[nH]cc(CCNC(=O)N3CCSCC3)c12. The molecule has 0 saturated carbocycles. The lowest BCUT2D eigenvalue weighted by molar-refractivity contribution is 0.203. The quantitative estimate of drug-likeness (QED) is 0.910. The van der Waals surface area contributed by atoms with E-state index in [0.29, 0.717) is 6.54 Å². The summed E-state index contributed by atoms with van der Waals surface area (Å²) >= 11 is 1.90. The lowest BCUT2D eigenvalue weighted by atomic mass is 10.1. The van der Waals surface area contributed by atoms with Gasteiger partial charge in [-0.3, -0.25) is 0 Å². The molecule has 0 atom stereocenters. The van der Waals surface area contributed by atoms with E-state index >= 15 is 0 Å². The zero-order valence-electron chi connectivity index (χ0n) is 12.7. The number of amides is 2. The van der Waals surface area contributed by atoms with E-state index < -0.39 is 0 Å². The Morgan fingerprint density at radius 2 is 2.23 bits per heavy atom. The van der Waals surface area contributed by atoms with Crippen molar-refractivity contribution in [1.82, 2.24) is 15.2 Å². The van der Waals surface area contributed by atoms with E-state index in [4.69, 9.17) is 4.74 Å². The molecule has 0 radical (unpaired) electrons. The van der Waals surface area contributed by atoms with Crippen LogP contribution in [0.1, 0.15) is 5.56 Å². The topological polar surface area (TPSA) is 57.4 Å². The van der Waals surface area contributed by atoms with E-state index in [-0.39, 0.29) is 6.03 Å². The number of thioether (sulfide) groups is 1. The molecule has 0 spiro atoms. The average molecular weight is 319 g/mol. The molecule has 1 aromatic carbocycles. The number of aromatic nitrogens is 1. The van der Waals surface area contributed by atoms with E-state index in [1.807, 2.05) is 41.1 Å². The zero-order valence-corrected chi connectivity index (χ0v) is 13.5. The predicted octanol–water partition coefficient (Wildman–Crippen LogP) is 2.48. The molecule has 1 saturated heterocycles. The molecule has 6 heteroatoms. The molecule has 5 nitrogen and oxygen atoms in total. The van der Waals surface area contributed by atoms with Crippen LogP contribution >= 0.6 is 11.8 Å². The molecule has 2 amide bonds. The third kappa shape index (κ3) is 3.16. The van der Waals surface area contributed by atoms with E-state index in [9.17, 15) is 4.79 Å². The first-order chi connectivity index (χ1) is 10.8. The van der Waals surface area contributed by atoms with Crippen LogP contribution in [0.3, 0.4) is 0 Å². The largest absolute Gasteiger partial charge is 0.496 e. The zero-order chi connectivity index (χ0) is 15.4. The summed E-state index contributed by atoms with van der Waals surface area (Å²) in [7, 11) is 1.68. The predicted molar refractivity (Wildman–Crippen MR) is 90.9 cm³/mol. The molecule has 1 aromatic heterocycles. The Labute approximate surface area is 134 Å². The van der Waals surface area contributed by atoms with E-state index in [1.165, 1.54) is 5.56 Å². The molecule has 0 aliphatic carbocycles. The average Bonchev–Trinajstić information content (AvgIpc) is 2.99. The molecule has 118 valence electrons. The first-order valence-corrected chi connectivity index (χ1v) is 8.68. The van der Waals surface area contributed by atoms with Gasteiger partial charge in [-0.05, 0) is 24.1 Å². The fourth-order valence-corrected chi connectivity index (χ4v) is 3.67. The van der Waals surface area contributed by atoms with E-state index in [2.05, 4.69) is 10.3 Å². The molecule has 22 heavy (non-hydrogen) atoms. The minimum absolute atomic E-state index is 0.0482. The van der Waals surface area contributed by atoms with Crippen LogP contribution in [0.25, 0.3) is 10.9 Å². The highest BCUT2D eigenvalue weighted by Gasteiger charge is 2.16. The molecule has 2 heterocycles. The van der Waals surface area contributed by atoms with Crippen LogP contribution < -0.4 is 10.1 Å². The number of carbonyl (C=O) groups is 1. The molecule has 0 bridgehead atoms. The minimum Gasteiger partial charge on any atom is -0.496 e. The number of carbonyl (C=O) groups excluding carboxylic acids is 1. The first-order valence-electron chi connectivity index (χ1n) is 7.53. The smallest absolute Gasteiger partial charge is 0.317 e. The first kappa shape index (κ1) is 15.1. The van der Waals surface area contributed by atoms with Gasteiger partial charge in [-0.1, -0.05) is 6.07 Å². The molecular weight excluding hydrogens is 298 g/mol. The van der Waals surface area contributed by atoms with Crippen molar-refractivity contribution in [2.24, 2.45) is 0 Å². The van der Waals surface area contributed by atoms with Gasteiger partial charge < -0.3 is 19.9 Å². The van der Waals surface area contributed by atoms with Crippen LogP contribution in [-0.2, 0) is 6.42 Å². The van der Waals surface area contributed by atoms with Crippen LogP contribution in [0.15, 0.2) is 24.4 Å². The third-order valence-electron chi connectivity index (χ3n) is 3.94. The standard InChI is InChI=1S/C16H21N3O2S/c1-21-14-4-2-3-13-15(14)12(11-18-13)5-6-17-16(20)19-7-9-22-10-8-19/h2-4,11,18H,5-10H2,1H3,(H,17,20). The van der Waals surface area contributed by atoms with Crippen LogP contribution in [0.5, 0.6) is 5.75 Å². The maximum Gasteiger partial charge on any atom is 0.317 e. The second-order valence-electron chi connectivity index (χ2n) is 5.28. The Morgan fingerprint density at radius 1 is 1.41 bits per heavy atom. The highest BCUT2D eigenvalue weighted by molar-refractivity contribution is 7.99. The summed E-state index contributed by atoms with van der Waals surface area (Å²) in [4.78, 5) is 17.2. The number of aromatic amines is 1. The van der Waals surface area contributed by atoms with Crippen LogP contribution in [0.2, 0.25) is 0 Å². The maximum absolute atomic E-state index is 12.1. The number of urea groups is 1. The lowest BCUT2D eigenvalue weighted by Gasteiger charge is -2.26. The number of fused-ring (bicyclic) bond motifs is 1. The van der Waals surface area contributed by atoms with Gasteiger partial charge in [0, 0.05) is 48.2 Å². The molecule has 2 N–H and O–H groups in total. The number of hydrogen-bond donors (Lipinski definition) is 2. The molecule has 0 unspecified atom stereocenters. The minimum atomic E-state index is 0.0482. The van der Waals surface area contributed by atoms with Crippen LogP contribution in [-0.4, -0.2) is 54.2 Å². The van der Waals surface area contributed by atoms with E-state index in [0.717, 1.165) is 47.7 Å². The normalized spacial score (nSPS) is 15.0. The fraction of sp³-hybridized carbons (Fsp3) is 0.438. The highest BCUT2D eigenvalue weighted by Crippen LogP contribution is 2.28. The van der Waals surface area contributed by atoms with Crippen molar-refractivity contribution in [3.05, 3.63) is 30.0 Å². The molecule has 2 aromatic rings. The Kier molecular flexibility index (Phi) is 4.77. The van der Waals surface area contributed by atoms with Gasteiger partial charge in [0.15, 0.2) is 0 Å². The molecule has 3 rings (SSSR count). The number of nitrogens with one attached hydrogen (secondary N) is 2. The second kappa shape index (κ2) is 6.96. The molecule has 1 aliphatic heterocycles. The van der Waals surface area contributed by atoms with E-state index in [1.54, 1.807) is 7.11 Å². The van der Waals surface area contributed by atoms with Crippen molar-refractivity contribution in [1.29, 1.82) is 0 Å². The van der Waals surface area contributed by atoms with Gasteiger partial charge in [-0.2, -0.15) is 11.8 Å². The summed E-state index contributed by atoms with van der Waals surface area (Å²) in [6.07, 6.45) is 2.78. The van der Waals surface area contributed by atoms with Crippen molar-refractivity contribution in [3.63, 3.8) is 0 Å². The number of methoxy groups -OCH3 is 1. The van der Waals surface area contributed by atoms with Crippen molar-refractivity contribution in [2.75, 3.05) is 38.2 Å². The Balaban J connectivity index is 1.61. The van der Waals surface area contributed by atoms with Crippen LogP contribution in [0, 0.1) is 0 Å². The summed E-state index contributed by atoms with van der Waals surface area (Å²) in [5.41, 5.74) is 2.23. The van der Waals surface area contributed by atoms with Crippen LogP contribution in [0.4, 0.5) is 4.79 Å². The summed E-state index contributed by atoms with van der Waals surface area (Å²) in [6, 6.07) is 6.01. The summed E-state index contributed by atoms with van der Waals surface area (Å²) in [6.45, 7) is 2.32. The van der Waals surface area contributed by atoms with Crippen molar-refractivity contribution < 1.29 is 9.53 Å². The molecule has 1 aliphatic rings. The summed E-state index contributed by atoms with van der Waals surface area (Å²) in [5.74, 6) is 2.94. The van der Waals surface area contributed by atoms with Gasteiger partial charge in [-0.15, -0.1) is 0 Å². The van der Waals surface area contributed by atoms with Gasteiger partial charge in [0.25, 0.3) is 0 Å². The van der Waals surface area contributed by atoms with Gasteiger partial charge >= 0.3 is 6.03 Å². The number of nitrogens with zero attached hydrogens (tertiary/aromatic N) is 1. The Bertz CT molecular complexity index is 650. The Morgan fingerprint density at radius 3 is 3.00 bits per heavy atom. The number of hydrogen-bond acceptors (Lipinski definition) is 3. The highest BCUT2D eigenvalue weighted by atomic mass is 32.2. The number of H-pyrrole nitrogens is 1. The van der Waals surface area contributed by atoms with Crippen molar-refractivity contribution in [2.45, 2.75) is 6.42 Å². The van der Waals surface area contributed by atoms with Crippen molar-refractivity contribution in [3.8, 4) is 5.75 Å². The lowest BCUT2D eigenvalue weighted by Crippen LogP contribution is -2.44. The number of ether oxygens (including phenoxy) is 1. The third-order valence-corrected chi connectivity index (χ3v) is 4.88. The second-order valence-corrected chi connectivity index (χ2v) is 6.50. The maximum atomic E-state index is 12.1. The van der Waals surface area contributed by atoms with Gasteiger partial charge in [0.05, 0.1) is 7.11 Å². The fourth-order valence-electron chi connectivity index (χ4n) is 2.77. The summed E-state index contributed by atoms with van der Waals surface area (Å²) < 4.78 is 5.43. The summed E-state index contributed by atoms with van der Waals surface area (Å²) in [5, 5.41) is 4.12. The Hall–Kier alpha value is -1.82. The number of benzene rings is 1. The van der Waals surface area contributed by atoms with Gasteiger partial charge in [-0.25, -0.2) is 4.79 Å². The molecule has 1 fully saturated rings.